The number of ether oxygens (including phenoxy) is 1. The van der Waals surface area contributed by atoms with Gasteiger partial charge in [0.05, 0.1) is 51.9 Å². The zero-order chi connectivity index (χ0) is 24.7. The van der Waals surface area contributed by atoms with Crippen molar-refractivity contribution >= 4 is 55.9 Å². The molecule has 180 valence electrons. The lowest BCUT2D eigenvalue weighted by molar-refractivity contribution is 0.0600. The van der Waals surface area contributed by atoms with Gasteiger partial charge < -0.3 is 4.74 Å². The van der Waals surface area contributed by atoms with Gasteiger partial charge in [0.15, 0.2) is 5.82 Å². The third-order valence-corrected chi connectivity index (χ3v) is 8.00. The van der Waals surface area contributed by atoms with Gasteiger partial charge in [-0.2, -0.15) is 5.10 Å². The highest BCUT2D eigenvalue weighted by molar-refractivity contribution is 7.92. The van der Waals surface area contributed by atoms with E-state index in [1.165, 1.54) is 43.6 Å². The van der Waals surface area contributed by atoms with Crippen molar-refractivity contribution in [3.63, 3.8) is 0 Å². The van der Waals surface area contributed by atoms with Crippen LogP contribution in [0.5, 0.6) is 0 Å². The first kappa shape index (κ1) is 23.6. The number of benzene rings is 2. The number of carbonyl (C=O) groups is 1. The molecule has 11 heteroatoms. The number of methoxy groups -OCH3 is 1. The van der Waals surface area contributed by atoms with Crippen molar-refractivity contribution in [2.45, 2.75) is 30.3 Å². The quantitative estimate of drug-likeness (QED) is 0.302. The molecule has 2 aromatic heterocycles. The summed E-state index contributed by atoms with van der Waals surface area (Å²) < 4.78 is 35.3. The topological polar surface area (TPSA) is 94.4 Å². The summed E-state index contributed by atoms with van der Waals surface area (Å²) in [7, 11) is -2.86. The molecular formula is C24H20Cl2N4O4S. The van der Waals surface area contributed by atoms with Crippen molar-refractivity contribution < 1.29 is 17.9 Å². The smallest absolute Gasteiger partial charge is 0.337 e. The highest BCUT2D eigenvalue weighted by Crippen LogP contribution is 2.37. The van der Waals surface area contributed by atoms with Gasteiger partial charge in [-0.15, -0.1) is 0 Å². The first-order valence-electron chi connectivity index (χ1n) is 10.8. The zero-order valence-electron chi connectivity index (χ0n) is 18.6. The Kier molecular flexibility index (Phi) is 6.16. The van der Waals surface area contributed by atoms with Crippen molar-refractivity contribution in [2.24, 2.45) is 0 Å². The van der Waals surface area contributed by atoms with E-state index in [9.17, 15) is 13.2 Å². The molecule has 2 aromatic carbocycles. The minimum Gasteiger partial charge on any atom is -0.465 e. The molecule has 0 spiro atoms. The molecule has 0 amide bonds. The fourth-order valence-corrected chi connectivity index (χ4v) is 5.81. The Morgan fingerprint density at radius 3 is 2.51 bits per heavy atom. The SMILES string of the molecule is COC(=O)c1ccc(S(=O)(=O)N(Cc2ccc3c(cnn3C3CC3)c2)c2ncc(Cl)cc2Cl)cc1. The fourth-order valence-electron chi connectivity index (χ4n) is 3.85. The van der Waals surface area contributed by atoms with Gasteiger partial charge in [-0.05, 0) is 60.9 Å². The van der Waals surface area contributed by atoms with Crippen molar-refractivity contribution in [2.75, 3.05) is 11.4 Å². The maximum Gasteiger partial charge on any atom is 0.337 e. The average Bonchev–Trinajstić information content (AvgIpc) is 3.61. The number of halogens is 2. The number of nitrogens with zero attached hydrogens (tertiary/aromatic N) is 4. The molecule has 5 rings (SSSR count). The summed E-state index contributed by atoms with van der Waals surface area (Å²) in [6.07, 6.45) is 5.35. The van der Waals surface area contributed by atoms with Crippen LogP contribution in [0.15, 0.2) is 65.8 Å². The lowest BCUT2D eigenvalue weighted by atomic mass is 10.1. The summed E-state index contributed by atoms with van der Waals surface area (Å²) in [5.41, 5.74) is 1.97. The van der Waals surface area contributed by atoms with Crippen LogP contribution >= 0.6 is 23.2 Å². The van der Waals surface area contributed by atoms with Gasteiger partial charge in [-0.25, -0.2) is 22.5 Å². The molecular weight excluding hydrogens is 511 g/mol. The summed E-state index contributed by atoms with van der Waals surface area (Å²) in [4.78, 5) is 16.0. The van der Waals surface area contributed by atoms with Crippen LogP contribution in [0, 0.1) is 0 Å². The highest BCUT2D eigenvalue weighted by atomic mass is 35.5. The largest absolute Gasteiger partial charge is 0.465 e. The van der Waals surface area contributed by atoms with Gasteiger partial charge in [-0.1, -0.05) is 29.3 Å². The van der Waals surface area contributed by atoms with Crippen molar-refractivity contribution in [1.82, 2.24) is 14.8 Å². The van der Waals surface area contributed by atoms with Gasteiger partial charge in [-0.3, -0.25) is 4.68 Å². The van der Waals surface area contributed by atoms with Crippen LogP contribution in [0.1, 0.15) is 34.8 Å². The molecule has 4 aromatic rings. The van der Waals surface area contributed by atoms with Gasteiger partial charge in [0.2, 0.25) is 0 Å². The maximum atomic E-state index is 13.8. The molecule has 1 fully saturated rings. The highest BCUT2D eigenvalue weighted by Gasteiger charge is 2.29. The second kappa shape index (κ2) is 9.14. The molecule has 0 N–H and O–H groups in total. The number of hydrogen-bond donors (Lipinski definition) is 0. The summed E-state index contributed by atoms with van der Waals surface area (Å²) in [6.45, 7) is -0.0278. The van der Waals surface area contributed by atoms with E-state index in [0.29, 0.717) is 6.04 Å². The molecule has 8 nitrogen and oxygen atoms in total. The number of fused-ring (bicyclic) bond motifs is 1. The van der Waals surface area contributed by atoms with Crippen LogP contribution in [0.3, 0.4) is 0 Å². The van der Waals surface area contributed by atoms with E-state index in [2.05, 4.69) is 10.1 Å². The van der Waals surface area contributed by atoms with Crippen LogP contribution in [0.25, 0.3) is 10.9 Å². The van der Waals surface area contributed by atoms with Crippen LogP contribution in [0.2, 0.25) is 10.0 Å². The van der Waals surface area contributed by atoms with E-state index < -0.39 is 16.0 Å². The molecule has 1 aliphatic carbocycles. The number of sulfonamides is 1. The Morgan fingerprint density at radius 1 is 1.11 bits per heavy atom. The molecule has 2 heterocycles. The Hall–Kier alpha value is -3.14. The minimum atomic E-state index is -4.12. The van der Waals surface area contributed by atoms with E-state index in [-0.39, 0.29) is 32.9 Å². The summed E-state index contributed by atoms with van der Waals surface area (Å²) >= 11 is 12.4. The molecule has 0 saturated heterocycles. The monoisotopic (exact) mass is 530 g/mol. The van der Waals surface area contributed by atoms with Crippen molar-refractivity contribution in [3.05, 3.63) is 82.1 Å². The molecule has 0 bridgehead atoms. The Labute approximate surface area is 212 Å². The van der Waals surface area contributed by atoms with Gasteiger partial charge in [0.25, 0.3) is 10.0 Å². The van der Waals surface area contributed by atoms with Crippen LogP contribution in [0.4, 0.5) is 5.82 Å². The van der Waals surface area contributed by atoms with Crippen molar-refractivity contribution in [3.8, 4) is 0 Å². The number of aromatic nitrogens is 3. The van der Waals surface area contributed by atoms with E-state index in [0.717, 1.165) is 33.6 Å². The second-order valence-electron chi connectivity index (χ2n) is 8.20. The third-order valence-electron chi connectivity index (χ3n) is 5.77. The Bertz CT molecular complexity index is 1530. The molecule has 0 atom stereocenters. The first-order valence-corrected chi connectivity index (χ1v) is 13.0. The number of anilines is 1. The summed E-state index contributed by atoms with van der Waals surface area (Å²) in [5, 5.41) is 5.78. The molecule has 0 aliphatic heterocycles. The summed E-state index contributed by atoms with van der Waals surface area (Å²) in [6, 6.07) is 13.1. The van der Waals surface area contributed by atoms with E-state index in [1.54, 1.807) is 6.20 Å². The zero-order valence-corrected chi connectivity index (χ0v) is 20.9. The molecule has 1 aliphatic rings. The van der Waals surface area contributed by atoms with Gasteiger partial charge in [0, 0.05) is 11.6 Å². The normalized spacial score (nSPS) is 13.7. The standard InChI is InChI=1S/C24H20Cl2N4O4S/c1-34-24(31)16-3-7-20(8-4-16)35(32,33)29(23-21(26)11-18(25)13-27-23)14-15-2-9-22-17(10-15)12-28-30(22)19-5-6-19/h2-4,7-13,19H,5-6,14H2,1H3. The number of rotatable bonds is 7. The lowest BCUT2D eigenvalue weighted by Crippen LogP contribution is -2.31. The van der Waals surface area contributed by atoms with E-state index in [1.807, 2.05) is 22.9 Å². The third kappa shape index (κ3) is 4.59. The Balaban J connectivity index is 1.55. The minimum absolute atomic E-state index is 0.0272. The van der Waals surface area contributed by atoms with E-state index in [4.69, 9.17) is 27.9 Å². The van der Waals surface area contributed by atoms with Crippen LogP contribution in [-0.4, -0.2) is 36.3 Å². The molecule has 0 radical (unpaired) electrons. The summed E-state index contributed by atoms with van der Waals surface area (Å²) in [5.74, 6) is -0.518. The van der Waals surface area contributed by atoms with Crippen LogP contribution < -0.4 is 4.31 Å². The van der Waals surface area contributed by atoms with Gasteiger partial charge in [0.1, 0.15) is 0 Å². The number of hydrogen-bond acceptors (Lipinski definition) is 6. The predicted octanol–water partition coefficient (Wildman–Crippen LogP) is 5.26. The van der Waals surface area contributed by atoms with E-state index >= 15 is 0 Å². The molecule has 0 unspecified atom stereocenters. The average molecular weight is 531 g/mol. The molecule has 35 heavy (non-hydrogen) atoms. The number of pyridine rings is 1. The van der Waals surface area contributed by atoms with Crippen LogP contribution in [-0.2, 0) is 21.3 Å². The fraction of sp³-hybridized carbons (Fsp3) is 0.208. The second-order valence-corrected chi connectivity index (χ2v) is 10.9. The number of carbonyl (C=O) groups excluding carboxylic acids is 1. The van der Waals surface area contributed by atoms with Gasteiger partial charge >= 0.3 is 5.97 Å². The lowest BCUT2D eigenvalue weighted by Gasteiger charge is -2.24. The number of esters is 1. The first-order chi connectivity index (χ1) is 16.8. The maximum absolute atomic E-state index is 13.8. The van der Waals surface area contributed by atoms with Crippen molar-refractivity contribution in [1.29, 1.82) is 0 Å². The Morgan fingerprint density at radius 2 is 1.86 bits per heavy atom. The molecule has 1 saturated carbocycles. The predicted molar refractivity (Wildman–Crippen MR) is 133 cm³/mol.